The largest absolute Gasteiger partial charge is 0.323 e. The molecule has 4 heteroatoms. The quantitative estimate of drug-likeness (QED) is 0.825. The van der Waals surface area contributed by atoms with Crippen LogP contribution in [0.5, 0.6) is 0 Å². The van der Waals surface area contributed by atoms with Gasteiger partial charge in [-0.2, -0.15) is 0 Å². The summed E-state index contributed by atoms with van der Waals surface area (Å²) in [5.41, 5.74) is 7.94. The molecule has 2 aromatic rings. The fraction of sp³-hybridized carbons (Fsp3) is 0.231. The molecule has 2 rings (SSSR count). The number of hydrogen-bond acceptors (Lipinski definition) is 3. The number of rotatable bonds is 2. The van der Waals surface area contributed by atoms with E-state index >= 15 is 0 Å². The number of amides is 1. The summed E-state index contributed by atoms with van der Waals surface area (Å²) in [5.74, 6) is -0.208. The van der Waals surface area contributed by atoms with E-state index in [1.54, 1.807) is 6.92 Å². The van der Waals surface area contributed by atoms with Gasteiger partial charge in [0.2, 0.25) is 5.91 Å². The first-order valence-electron chi connectivity index (χ1n) is 5.51. The first kappa shape index (κ1) is 11.5. The van der Waals surface area contributed by atoms with Gasteiger partial charge in [-0.1, -0.05) is 18.2 Å². The lowest BCUT2D eigenvalue weighted by atomic mass is 10.1. The summed E-state index contributed by atoms with van der Waals surface area (Å²) in [5, 5.41) is 3.78. The Labute approximate surface area is 99.8 Å². The third-order valence-corrected chi connectivity index (χ3v) is 2.53. The second-order valence-electron chi connectivity index (χ2n) is 4.11. The van der Waals surface area contributed by atoms with Crippen LogP contribution >= 0.6 is 0 Å². The van der Waals surface area contributed by atoms with Gasteiger partial charge in [0.15, 0.2) is 0 Å². The standard InChI is InChI=1S/C13H15N3O/c1-8-6-7-10-4-3-5-11(12(10)15-8)16-13(17)9(2)14/h3-7,9H,14H2,1-2H3,(H,16,17). The highest BCUT2D eigenvalue weighted by molar-refractivity contribution is 6.02. The Kier molecular flexibility index (Phi) is 3.06. The number of pyridine rings is 1. The summed E-state index contributed by atoms with van der Waals surface area (Å²) >= 11 is 0. The van der Waals surface area contributed by atoms with Gasteiger partial charge < -0.3 is 11.1 Å². The molecule has 0 bridgehead atoms. The van der Waals surface area contributed by atoms with E-state index in [2.05, 4.69) is 10.3 Å². The molecule has 1 atom stereocenters. The zero-order valence-electron chi connectivity index (χ0n) is 9.90. The number of nitrogens with zero attached hydrogens (tertiary/aromatic N) is 1. The van der Waals surface area contributed by atoms with Gasteiger partial charge in [-0.05, 0) is 26.0 Å². The van der Waals surface area contributed by atoms with Gasteiger partial charge in [0.05, 0.1) is 17.2 Å². The monoisotopic (exact) mass is 229 g/mol. The van der Waals surface area contributed by atoms with E-state index in [0.717, 1.165) is 16.6 Å². The molecule has 1 heterocycles. The first-order valence-corrected chi connectivity index (χ1v) is 5.51. The maximum absolute atomic E-state index is 11.6. The molecule has 3 N–H and O–H groups in total. The van der Waals surface area contributed by atoms with Gasteiger partial charge in [0.1, 0.15) is 0 Å². The highest BCUT2D eigenvalue weighted by Gasteiger charge is 2.10. The third kappa shape index (κ3) is 2.42. The topological polar surface area (TPSA) is 68.0 Å². The molecule has 0 aliphatic carbocycles. The molecule has 0 saturated carbocycles. The van der Waals surface area contributed by atoms with Crippen molar-refractivity contribution in [2.45, 2.75) is 19.9 Å². The first-order chi connectivity index (χ1) is 8.08. The second-order valence-corrected chi connectivity index (χ2v) is 4.11. The van der Waals surface area contributed by atoms with Crippen molar-refractivity contribution in [2.24, 2.45) is 5.73 Å². The molecule has 0 aliphatic rings. The predicted molar refractivity (Wildman–Crippen MR) is 68.8 cm³/mol. The lowest BCUT2D eigenvalue weighted by Crippen LogP contribution is -2.32. The summed E-state index contributed by atoms with van der Waals surface area (Å²) in [6.07, 6.45) is 0. The number of carbonyl (C=O) groups excluding carboxylic acids is 1. The average Bonchev–Trinajstić information content (AvgIpc) is 2.29. The van der Waals surface area contributed by atoms with Crippen LogP contribution in [0.2, 0.25) is 0 Å². The van der Waals surface area contributed by atoms with E-state index in [1.807, 2.05) is 37.3 Å². The summed E-state index contributed by atoms with van der Waals surface area (Å²) < 4.78 is 0. The molecule has 1 aromatic carbocycles. The Balaban J connectivity index is 2.46. The van der Waals surface area contributed by atoms with Gasteiger partial charge in [-0.25, -0.2) is 0 Å². The normalized spacial score (nSPS) is 12.4. The van der Waals surface area contributed by atoms with E-state index in [1.165, 1.54) is 0 Å². The van der Waals surface area contributed by atoms with Crippen LogP contribution in [0.3, 0.4) is 0 Å². The van der Waals surface area contributed by atoms with Gasteiger partial charge >= 0.3 is 0 Å². The lowest BCUT2D eigenvalue weighted by Gasteiger charge is -2.10. The Bertz CT molecular complexity index is 564. The highest BCUT2D eigenvalue weighted by atomic mass is 16.2. The molecule has 4 nitrogen and oxygen atoms in total. The Morgan fingerprint density at radius 1 is 1.35 bits per heavy atom. The van der Waals surface area contributed by atoms with Crippen LogP contribution < -0.4 is 11.1 Å². The lowest BCUT2D eigenvalue weighted by molar-refractivity contribution is -0.117. The van der Waals surface area contributed by atoms with Crippen molar-refractivity contribution in [3.63, 3.8) is 0 Å². The number of hydrogen-bond donors (Lipinski definition) is 2. The number of anilines is 1. The molecule has 0 spiro atoms. The molecule has 1 unspecified atom stereocenters. The molecule has 0 fully saturated rings. The molecular weight excluding hydrogens is 214 g/mol. The number of nitrogens with two attached hydrogens (primary N) is 1. The number of nitrogens with one attached hydrogen (secondary N) is 1. The Morgan fingerprint density at radius 2 is 2.12 bits per heavy atom. The van der Waals surface area contributed by atoms with Crippen molar-refractivity contribution in [3.05, 3.63) is 36.0 Å². The van der Waals surface area contributed by atoms with Crippen molar-refractivity contribution in [1.82, 2.24) is 4.98 Å². The Hall–Kier alpha value is -1.94. The molecule has 17 heavy (non-hydrogen) atoms. The van der Waals surface area contributed by atoms with Crippen molar-refractivity contribution in [3.8, 4) is 0 Å². The van der Waals surface area contributed by atoms with Crippen LogP contribution in [0.15, 0.2) is 30.3 Å². The van der Waals surface area contributed by atoms with Gasteiger partial charge in [-0.15, -0.1) is 0 Å². The molecule has 88 valence electrons. The molecule has 1 amide bonds. The van der Waals surface area contributed by atoms with Crippen molar-refractivity contribution in [2.75, 3.05) is 5.32 Å². The predicted octanol–water partition coefficient (Wildman–Crippen LogP) is 1.83. The van der Waals surface area contributed by atoms with Crippen LogP contribution in [0.1, 0.15) is 12.6 Å². The third-order valence-electron chi connectivity index (χ3n) is 2.53. The zero-order valence-corrected chi connectivity index (χ0v) is 9.90. The number of carbonyl (C=O) groups is 1. The van der Waals surface area contributed by atoms with Gasteiger partial charge in [0.25, 0.3) is 0 Å². The average molecular weight is 229 g/mol. The minimum atomic E-state index is -0.532. The van der Waals surface area contributed by atoms with Crippen molar-refractivity contribution in [1.29, 1.82) is 0 Å². The number of aryl methyl sites for hydroxylation is 1. The van der Waals surface area contributed by atoms with Crippen LogP contribution in [-0.2, 0) is 4.79 Å². The van der Waals surface area contributed by atoms with Crippen LogP contribution in [-0.4, -0.2) is 16.9 Å². The number of aromatic nitrogens is 1. The number of fused-ring (bicyclic) bond motifs is 1. The van der Waals surface area contributed by atoms with Crippen LogP contribution in [0.4, 0.5) is 5.69 Å². The highest BCUT2D eigenvalue weighted by Crippen LogP contribution is 2.21. The van der Waals surface area contributed by atoms with E-state index < -0.39 is 6.04 Å². The summed E-state index contributed by atoms with van der Waals surface area (Å²) in [7, 11) is 0. The summed E-state index contributed by atoms with van der Waals surface area (Å²) in [4.78, 5) is 16.0. The van der Waals surface area contributed by atoms with E-state index in [9.17, 15) is 4.79 Å². The minimum Gasteiger partial charge on any atom is -0.323 e. The van der Waals surface area contributed by atoms with Crippen molar-refractivity contribution < 1.29 is 4.79 Å². The molecule has 1 aromatic heterocycles. The second kappa shape index (κ2) is 4.51. The summed E-state index contributed by atoms with van der Waals surface area (Å²) in [6.45, 7) is 3.57. The Morgan fingerprint density at radius 3 is 2.82 bits per heavy atom. The zero-order chi connectivity index (χ0) is 12.4. The van der Waals surface area contributed by atoms with E-state index in [4.69, 9.17) is 5.73 Å². The number of para-hydroxylation sites is 1. The maximum atomic E-state index is 11.6. The van der Waals surface area contributed by atoms with E-state index in [-0.39, 0.29) is 5.91 Å². The van der Waals surface area contributed by atoms with Gasteiger partial charge in [0, 0.05) is 11.1 Å². The molecular formula is C13H15N3O. The molecule has 0 radical (unpaired) electrons. The number of benzene rings is 1. The maximum Gasteiger partial charge on any atom is 0.241 e. The molecule has 0 aliphatic heterocycles. The molecule has 0 saturated heterocycles. The summed E-state index contributed by atoms with van der Waals surface area (Å²) in [6, 6.07) is 9.07. The minimum absolute atomic E-state index is 0.208. The van der Waals surface area contributed by atoms with Crippen LogP contribution in [0.25, 0.3) is 10.9 Å². The van der Waals surface area contributed by atoms with Crippen LogP contribution in [0, 0.1) is 6.92 Å². The van der Waals surface area contributed by atoms with Crippen molar-refractivity contribution >= 4 is 22.5 Å². The van der Waals surface area contributed by atoms with E-state index in [0.29, 0.717) is 5.69 Å². The fourth-order valence-electron chi connectivity index (χ4n) is 1.59. The SMILES string of the molecule is Cc1ccc2cccc(NC(=O)C(C)N)c2n1. The van der Waals surface area contributed by atoms with Gasteiger partial charge in [-0.3, -0.25) is 9.78 Å². The smallest absolute Gasteiger partial charge is 0.241 e. The fourth-order valence-corrected chi connectivity index (χ4v) is 1.59.